The van der Waals surface area contributed by atoms with E-state index in [1.54, 1.807) is 0 Å². The van der Waals surface area contributed by atoms with Crippen LogP contribution in [-0.2, 0) is 9.59 Å². The van der Waals surface area contributed by atoms with Crippen molar-refractivity contribution in [3.05, 3.63) is 35.9 Å². The van der Waals surface area contributed by atoms with Crippen molar-refractivity contribution < 1.29 is 9.59 Å². The smallest absolute Gasteiger partial charge is 0.226 e. The average Bonchev–Trinajstić information content (AvgIpc) is 3.09. The van der Waals surface area contributed by atoms with Gasteiger partial charge in [0.05, 0.1) is 6.04 Å². The van der Waals surface area contributed by atoms with Gasteiger partial charge in [-0.2, -0.15) is 0 Å². The lowest BCUT2D eigenvalue weighted by atomic mass is 9.78. The SMILES string of the molecule is C[C@@H]1CC(=O)CC[C@@H]1C(=O)N(C1CCCC1)[C@@H](C)c1ccccc1. The summed E-state index contributed by atoms with van der Waals surface area (Å²) in [7, 11) is 0. The van der Waals surface area contributed by atoms with Crippen LogP contribution in [0.4, 0.5) is 0 Å². The second-order valence-electron chi connectivity index (χ2n) is 7.64. The Kier molecular flexibility index (Phi) is 5.37. The average molecular weight is 327 g/mol. The van der Waals surface area contributed by atoms with Gasteiger partial charge in [-0.15, -0.1) is 0 Å². The molecule has 2 aliphatic rings. The van der Waals surface area contributed by atoms with Gasteiger partial charge in [0.15, 0.2) is 0 Å². The maximum Gasteiger partial charge on any atom is 0.226 e. The van der Waals surface area contributed by atoms with Crippen LogP contribution in [0, 0.1) is 11.8 Å². The third-order valence-corrected chi connectivity index (χ3v) is 5.96. The van der Waals surface area contributed by atoms with Gasteiger partial charge in [0.25, 0.3) is 0 Å². The van der Waals surface area contributed by atoms with Gasteiger partial charge in [0, 0.05) is 24.8 Å². The Labute approximate surface area is 145 Å². The molecule has 24 heavy (non-hydrogen) atoms. The van der Waals surface area contributed by atoms with Gasteiger partial charge in [-0.25, -0.2) is 0 Å². The van der Waals surface area contributed by atoms with Crippen LogP contribution < -0.4 is 0 Å². The molecule has 0 aliphatic heterocycles. The van der Waals surface area contributed by atoms with Crippen LogP contribution in [-0.4, -0.2) is 22.6 Å². The summed E-state index contributed by atoms with van der Waals surface area (Å²) in [5.41, 5.74) is 1.21. The zero-order valence-corrected chi connectivity index (χ0v) is 14.9. The van der Waals surface area contributed by atoms with E-state index >= 15 is 0 Å². The normalized spacial score (nSPS) is 26.3. The maximum absolute atomic E-state index is 13.4. The first-order valence-electron chi connectivity index (χ1n) is 9.46. The summed E-state index contributed by atoms with van der Waals surface area (Å²) in [6.07, 6.45) is 6.52. The summed E-state index contributed by atoms with van der Waals surface area (Å²) in [4.78, 5) is 27.3. The number of carbonyl (C=O) groups is 2. The van der Waals surface area contributed by atoms with Gasteiger partial charge in [-0.3, -0.25) is 9.59 Å². The number of hydrogen-bond acceptors (Lipinski definition) is 2. The largest absolute Gasteiger partial charge is 0.333 e. The Balaban J connectivity index is 1.84. The number of nitrogens with zero attached hydrogens (tertiary/aromatic N) is 1. The van der Waals surface area contributed by atoms with Crippen molar-refractivity contribution in [1.82, 2.24) is 4.90 Å². The summed E-state index contributed by atoms with van der Waals surface area (Å²) in [5.74, 6) is 0.772. The van der Waals surface area contributed by atoms with E-state index in [0.717, 1.165) is 19.3 Å². The van der Waals surface area contributed by atoms with Gasteiger partial charge in [0.1, 0.15) is 5.78 Å². The highest BCUT2D eigenvalue weighted by Crippen LogP contribution is 2.36. The fraction of sp³-hybridized carbons (Fsp3) is 0.619. The fourth-order valence-electron chi connectivity index (χ4n) is 4.52. The second-order valence-corrected chi connectivity index (χ2v) is 7.64. The third-order valence-electron chi connectivity index (χ3n) is 5.96. The zero-order valence-electron chi connectivity index (χ0n) is 14.9. The van der Waals surface area contributed by atoms with Crippen LogP contribution in [0.3, 0.4) is 0 Å². The van der Waals surface area contributed by atoms with Crippen molar-refractivity contribution in [2.45, 2.75) is 70.9 Å². The zero-order chi connectivity index (χ0) is 17.1. The molecule has 0 aromatic heterocycles. The minimum Gasteiger partial charge on any atom is -0.333 e. The molecule has 2 fully saturated rings. The van der Waals surface area contributed by atoms with Crippen molar-refractivity contribution in [2.24, 2.45) is 11.8 Å². The van der Waals surface area contributed by atoms with E-state index in [1.807, 2.05) is 18.2 Å². The molecule has 0 unspecified atom stereocenters. The molecule has 2 saturated carbocycles. The van der Waals surface area contributed by atoms with E-state index in [1.165, 1.54) is 18.4 Å². The lowest BCUT2D eigenvalue weighted by Gasteiger charge is -2.40. The number of benzene rings is 1. The van der Waals surface area contributed by atoms with Crippen LogP contribution >= 0.6 is 0 Å². The van der Waals surface area contributed by atoms with E-state index in [9.17, 15) is 9.59 Å². The summed E-state index contributed by atoms with van der Waals surface area (Å²) in [6.45, 7) is 4.23. The topological polar surface area (TPSA) is 37.4 Å². The number of ketones is 1. The Morgan fingerprint density at radius 1 is 1.12 bits per heavy atom. The molecule has 3 heteroatoms. The quantitative estimate of drug-likeness (QED) is 0.815. The maximum atomic E-state index is 13.4. The molecule has 1 aromatic rings. The van der Waals surface area contributed by atoms with E-state index in [2.05, 4.69) is 30.9 Å². The lowest BCUT2D eigenvalue weighted by Crippen LogP contribution is -2.46. The number of hydrogen-bond donors (Lipinski definition) is 0. The van der Waals surface area contributed by atoms with E-state index in [0.29, 0.717) is 24.7 Å². The van der Waals surface area contributed by atoms with Crippen LogP contribution in [0.2, 0.25) is 0 Å². The van der Waals surface area contributed by atoms with Crippen molar-refractivity contribution in [3.8, 4) is 0 Å². The Bertz CT molecular complexity index is 577. The molecule has 0 spiro atoms. The molecule has 1 amide bonds. The van der Waals surface area contributed by atoms with Crippen LogP contribution in [0.5, 0.6) is 0 Å². The van der Waals surface area contributed by atoms with Crippen LogP contribution in [0.1, 0.15) is 70.4 Å². The summed E-state index contributed by atoms with van der Waals surface area (Å²) in [5, 5.41) is 0. The third kappa shape index (κ3) is 3.55. The number of carbonyl (C=O) groups excluding carboxylic acids is 2. The highest BCUT2D eigenvalue weighted by atomic mass is 16.2. The van der Waals surface area contributed by atoms with Gasteiger partial charge in [-0.1, -0.05) is 50.1 Å². The van der Waals surface area contributed by atoms with Crippen molar-refractivity contribution in [2.75, 3.05) is 0 Å². The molecule has 0 N–H and O–H groups in total. The van der Waals surface area contributed by atoms with Gasteiger partial charge < -0.3 is 4.90 Å². The first kappa shape index (κ1) is 17.2. The molecule has 3 rings (SSSR count). The first-order chi connectivity index (χ1) is 11.6. The molecule has 3 nitrogen and oxygen atoms in total. The van der Waals surface area contributed by atoms with E-state index in [4.69, 9.17) is 0 Å². The molecule has 0 heterocycles. The summed E-state index contributed by atoms with van der Waals surface area (Å²) < 4.78 is 0. The monoisotopic (exact) mass is 327 g/mol. The second kappa shape index (κ2) is 7.50. The summed E-state index contributed by atoms with van der Waals surface area (Å²) in [6, 6.07) is 10.8. The van der Waals surface area contributed by atoms with E-state index < -0.39 is 0 Å². The Hall–Kier alpha value is -1.64. The van der Waals surface area contributed by atoms with Gasteiger partial charge in [0.2, 0.25) is 5.91 Å². The molecule has 130 valence electrons. The van der Waals surface area contributed by atoms with Crippen molar-refractivity contribution >= 4 is 11.7 Å². The number of rotatable bonds is 4. The highest BCUT2D eigenvalue weighted by molar-refractivity contribution is 5.85. The van der Waals surface area contributed by atoms with Gasteiger partial charge in [-0.05, 0) is 37.7 Å². The van der Waals surface area contributed by atoms with E-state index in [-0.39, 0.29) is 23.8 Å². The molecule has 1 aromatic carbocycles. The predicted octanol–water partition coefficient (Wildman–Crippen LogP) is 4.52. The molecule has 0 bridgehead atoms. The highest BCUT2D eigenvalue weighted by Gasteiger charge is 2.39. The Morgan fingerprint density at radius 2 is 1.79 bits per heavy atom. The molecular formula is C21H29NO2. The molecule has 3 atom stereocenters. The minimum absolute atomic E-state index is 0.00876. The standard InChI is InChI=1S/C21H29NO2/c1-15-14-19(23)12-13-20(15)21(24)22(18-10-6-7-11-18)16(2)17-8-4-3-5-9-17/h3-5,8-9,15-16,18,20H,6-7,10-14H2,1-2H3/t15-,16+,20+/m1/s1. The van der Waals surface area contributed by atoms with Crippen LogP contribution in [0.25, 0.3) is 0 Å². The molecular weight excluding hydrogens is 298 g/mol. The molecule has 0 radical (unpaired) electrons. The molecule has 0 saturated heterocycles. The molecule has 2 aliphatic carbocycles. The predicted molar refractivity (Wildman–Crippen MR) is 95.5 cm³/mol. The van der Waals surface area contributed by atoms with Crippen molar-refractivity contribution in [3.63, 3.8) is 0 Å². The first-order valence-corrected chi connectivity index (χ1v) is 9.46. The number of amides is 1. The van der Waals surface area contributed by atoms with Crippen molar-refractivity contribution in [1.29, 1.82) is 0 Å². The van der Waals surface area contributed by atoms with Crippen LogP contribution in [0.15, 0.2) is 30.3 Å². The lowest BCUT2D eigenvalue weighted by molar-refractivity contribution is -0.144. The van der Waals surface area contributed by atoms with Gasteiger partial charge >= 0.3 is 0 Å². The summed E-state index contributed by atoms with van der Waals surface area (Å²) >= 11 is 0. The fourth-order valence-corrected chi connectivity index (χ4v) is 4.52. The Morgan fingerprint density at radius 3 is 2.42 bits per heavy atom. The number of Topliss-reactive ketones (excluding diaryl/α,β-unsaturated/α-hetero) is 1. The minimum atomic E-state index is 0.00876.